The van der Waals surface area contributed by atoms with Gasteiger partial charge in [0.2, 0.25) is 0 Å². The highest BCUT2D eigenvalue weighted by atomic mass is 35.5. The Morgan fingerprint density at radius 2 is 1.94 bits per heavy atom. The van der Waals surface area contributed by atoms with Crippen LogP contribution in [-0.4, -0.2) is 10.1 Å². The lowest BCUT2D eigenvalue weighted by Crippen LogP contribution is -2.05. The fraction of sp³-hybridized carbons (Fsp3) is 0.250. The largest absolute Gasteiger partial charge is 0.387 e. The van der Waals surface area contributed by atoms with E-state index in [-0.39, 0.29) is 5.92 Å². The van der Waals surface area contributed by atoms with E-state index < -0.39 is 6.10 Å². The van der Waals surface area contributed by atoms with Gasteiger partial charge in [0.25, 0.3) is 0 Å². The van der Waals surface area contributed by atoms with E-state index in [1.807, 2.05) is 31.2 Å². The highest BCUT2D eigenvalue weighted by Gasteiger charge is 2.19. The Kier molecular flexibility index (Phi) is 3.59. The summed E-state index contributed by atoms with van der Waals surface area (Å²) in [5.74, 6) is 0.0396. The lowest BCUT2D eigenvalue weighted by atomic mass is 9.95. The average Bonchev–Trinajstić information content (AvgIpc) is 2.75. The predicted molar refractivity (Wildman–Crippen MR) is 66.9 cm³/mol. The van der Waals surface area contributed by atoms with Gasteiger partial charge in [-0.15, -0.1) is 11.3 Å². The Hall–Kier alpha value is -0.900. The minimum Gasteiger partial charge on any atom is -0.387 e. The van der Waals surface area contributed by atoms with Crippen LogP contribution in [0.15, 0.2) is 36.7 Å². The molecule has 0 aliphatic heterocycles. The zero-order valence-electron chi connectivity index (χ0n) is 8.80. The number of aliphatic hydroxyl groups excluding tert-OH is 1. The summed E-state index contributed by atoms with van der Waals surface area (Å²) in [6.45, 7) is 1.99. The van der Waals surface area contributed by atoms with Crippen LogP contribution in [0, 0.1) is 0 Å². The van der Waals surface area contributed by atoms with Gasteiger partial charge in [-0.25, -0.2) is 0 Å². The number of aromatic nitrogens is 1. The van der Waals surface area contributed by atoms with Crippen molar-refractivity contribution in [3.63, 3.8) is 0 Å². The zero-order chi connectivity index (χ0) is 11.5. The molecule has 0 amide bonds. The first kappa shape index (κ1) is 11.6. The number of aliphatic hydroxyl groups is 1. The maximum Gasteiger partial charge on any atom is 0.0948 e. The summed E-state index contributed by atoms with van der Waals surface area (Å²) < 4.78 is 0.705. The highest BCUT2D eigenvalue weighted by Crippen LogP contribution is 2.35. The molecule has 2 aromatic heterocycles. The molecule has 0 spiro atoms. The molecule has 0 bridgehead atoms. The van der Waals surface area contributed by atoms with Crippen molar-refractivity contribution in [3.8, 4) is 0 Å². The molecule has 84 valence electrons. The maximum absolute atomic E-state index is 10.2. The van der Waals surface area contributed by atoms with Crippen molar-refractivity contribution >= 4 is 22.9 Å². The van der Waals surface area contributed by atoms with Gasteiger partial charge in [0, 0.05) is 23.2 Å². The zero-order valence-corrected chi connectivity index (χ0v) is 10.4. The summed E-state index contributed by atoms with van der Waals surface area (Å²) in [5, 5.41) is 10.2. The van der Waals surface area contributed by atoms with Gasteiger partial charge in [0.1, 0.15) is 0 Å². The molecular weight excluding hydrogens is 242 g/mol. The predicted octanol–water partition coefficient (Wildman–Crippen LogP) is 3.63. The molecule has 2 atom stereocenters. The van der Waals surface area contributed by atoms with Gasteiger partial charge >= 0.3 is 0 Å². The van der Waals surface area contributed by atoms with E-state index in [0.29, 0.717) is 4.34 Å². The van der Waals surface area contributed by atoms with Gasteiger partial charge in [0.05, 0.1) is 10.4 Å². The molecule has 2 aromatic rings. The van der Waals surface area contributed by atoms with E-state index in [1.54, 1.807) is 12.4 Å². The van der Waals surface area contributed by atoms with Crippen LogP contribution in [0.3, 0.4) is 0 Å². The van der Waals surface area contributed by atoms with Crippen LogP contribution >= 0.6 is 22.9 Å². The van der Waals surface area contributed by atoms with Crippen molar-refractivity contribution in [2.75, 3.05) is 0 Å². The quantitative estimate of drug-likeness (QED) is 0.906. The Balaban J connectivity index is 2.19. The SMILES string of the molecule is CC(c1ccncc1)C(O)c1ccc(Cl)s1. The van der Waals surface area contributed by atoms with Gasteiger partial charge < -0.3 is 5.11 Å². The van der Waals surface area contributed by atoms with Gasteiger partial charge in [-0.2, -0.15) is 0 Å². The minimum absolute atomic E-state index is 0.0396. The highest BCUT2D eigenvalue weighted by molar-refractivity contribution is 7.16. The Labute approximate surface area is 104 Å². The lowest BCUT2D eigenvalue weighted by molar-refractivity contribution is 0.155. The molecule has 16 heavy (non-hydrogen) atoms. The van der Waals surface area contributed by atoms with Crippen LogP contribution < -0.4 is 0 Å². The molecule has 2 heterocycles. The van der Waals surface area contributed by atoms with E-state index >= 15 is 0 Å². The molecule has 2 nitrogen and oxygen atoms in total. The topological polar surface area (TPSA) is 33.1 Å². The summed E-state index contributed by atoms with van der Waals surface area (Å²) in [6.07, 6.45) is 2.96. The van der Waals surface area contributed by atoms with E-state index in [1.165, 1.54) is 11.3 Å². The van der Waals surface area contributed by atoms with E-state index in [9.17, 15) is 5.11 Å². The summed E-state index contributed by atoms with van der Waals surface area (Å²) >= 11 is 7.27. The van der Waals surface area contributed by atoms with Crippen molar-refractivity contribution in [2.24, 2.45) is 0 Å². The first-order valence-electron chi connectivity index (χ1n) is 5.01. The minimum atomic E-state index is -0.514. The number of pyridine rings is 1. The molecule has 0 aliphatic rings. The smallest absolute Gasteiger partial charge is 0.0948 e. The molecule has 4 heteroatoms. The Morgan fingerprint density at radius 3 is 2.50 bits per heavy atom. The average molecular weight is 254 g/mol. The second-order valence-corrected chi connectivity index (χ2v) is 5.40. The fourth-order valence-corrected chi connectivity index (χ4v) is 2.74. The van der Waals surface area contributed by atoms with Gasteiger partial charge in [-0.1, -0.05) is 18.5 Å². The van der Waals surface area contributed by atoms with Gasteiger partial charge in [0.15, 0.2) is 0 Å². The van der Waals surface area contributed by atoms with Gasteiger partial charge in [-0.3, -0.25) is 4.98 Å². The van der Waals surface area contributed by atoms with Crippen LogP contribution in [0.4, 0.5) is 0 Å². The number of halogens is 1. The standard InChI is InChI=1S/C12H12ClNOS/c1-8(9-4-6-14-7-5-9)12(15)10-2-3-11(13)16-10/h2-8,12,15H,1H3. The normalized spacial score (nSPS) is 14.7. The van der Waals surface area contributed by atoms with Crippen LogP contribution in [0.2, 0.25) is 4.34 Å². The molecule has 0 aliphatic carbocycles. The fourth-order valence-electron chi connectivity index (χ4n) is 1.58. The van der Waals surface area contributed by atoms with Crippen molar-refractivity contribution in [1.29, 1.82) is 0 Å². The molecule has 0 aromatic carbocycles. The van der Waals surface area contributed by atoms with E-state index in [2.05, 4.69) is 4.98 Å². The van der Waals surface area contributed by atoms with Crippen LogP contribution in [0.5, 0.6) is 0 Å². The molecule has 0 radical (unpaired) electrons. The van der Waals surface area contributed by atoms with E-state index in [4.69, 9.17) is 11.6 Å². The summed E-state index contributed by atoms with van der Waals surface area (Å²) in [7, 11) is 0. The molecule has 0 saturated heterocycles. The molecule has 0 fully saturated rings. The van der Waals surface area contributed by atoms with Crippen LogP contribution in [-0.2, 0) is 0 Å². The summed E-state index contributed by atoms with van der Waals surface area (Å²) in [5.41, 5.74) is 1.08. The first-order chi connectivity index (χ1) is 7.68. The monoisotopic (exact) mass is 253 g/mol. The first-order valence-corrected chi connectivity index (χ1v) is 6.21. The van der Waals surface area contributed by atoms with Gasteiger partial charge in [-0.05, 0) is 29.8 Å². The summed E-state index contributed by atoms with van der Waals surface area (Å²) in [4.78, 5) is 4.86. The second-order valence-electron chi connectivity index (χ2n) is 3.66. The third-order valence-corrected chi connectivity index (χ3v) is 3.89. The Bertz CT molecular complexity index is 457. The molecule has 1 N–H and O–H groups in total. The summed E-state index contributed by atoms with van der Waals surface area (Å²) in [6, 6.07) is 7.52. The van der Waals surface area contributed by atoms with Crippen molar-refractivity contribution in [2.45, 2.75) is 18.9 Å². The molecule has 2 unspecified atom stereocenters. The third kappa shape index (κ3) is 2.43. The van der Waals surface area contributed by atoms with E-state index in [0.717, 1.165) is 10.4 Å². The van der Waals surface area contributed by atoms with Crippen LogP contribution in [0.25, 0.3) is 0 Å². The van der Waals surface area contributed by atoms with Crippen molar-refractivity contribution in [1.82, 2.24) is 4.98 Å². The number of hydrogen-bond donors (Lipinski definition) is 1. The number of thiophene rings is 1. The Morgan fingerprint density at radius 1 is 1.25 bits per heavy atom. The molecular formula is C12H12ClNOS. The maximum atomic E-state index is 10.2. The van der Waals surface area contributed by atoms with Crippen molar-refractivity contribution < 1.29 is 5.11 Å². The third-order valence-electron chi connectivity index (χ3n) is 2.59. The second kappa shape index (κ2) is 4.95. The molecule has 2 rings (SSSR count). The molecule has 0 saturated carbocycles. The van der Waals surface area contributed by atoms with Crippen molar-refractivity contribution in [3.05, 3.63) is 51.4 Å². The number of hydrogen-bond acceptors (Lipinski definition) is 3. The van der Waals surface area contributed by atoms with Crippen LogP contribution in [0.1, 0.15) is 29.4 Å². The lowest BCUT2D eigenvalue weighted by Gasteiger charge is -2.17. The number of rotatable bonds is 3. The number of nitrogens with zero attached hydrogens (tertiary/aromatic N) is 1.